The molecular weight excluding hydrogens is 394 g/mol. The zero-order valence-corrected chi connectivity index (χ0v) is 16.3. The van der Waals surface area contributed by atoms with E-state index in [9.17, 15) is 24.8 Å². The number of nitrogens with one attached hydrogen (secondary N) is 3. The third-order valence-electron chi connectivity index (χ3n) is 5.66. The molecule has 2 saturated heterocycles. The summed E-state index contributed by atoms with van der Waals surface area (Å²) >= 11 is 0. The predicted octanol–water partition coefficient (Wildman–Crippen LogP) is 0.285. The van der Waals surface area contributed by atoms with Gasteiger partial charge in [-0.05, 0) is 24.9 Å². The van der Waals surface area contributed by atoms with E-state index in [1.54, 1.807) is 4.90 Å². The van der Waals surface area contributed by atoms with E-state index in [-0.39, 0.29) is 18.4 Å². The lowest BCUT2D eigenvalue weighted by Gasteiger charge is -2.33. The van der Waals surface area contributed by atoms with Gasteiger partial charge in [-0.15, -0.1) is 0 Å². The van der Waals surface area contributed by atoms with Crippen LogP contribution in [-0.4, -0.2) is 58.1 Å². The van der Waals surface area contributed by atoms with Gasteiger partial charge in [-0.2, -0.15) is 0 Å². The van der Waals surface area contributed by atoms with Crippen molar-refractivity contribution in [2.24, 2.45) is 11.8 Å². The highest BCUT2D eigenvalue weighted by Crippen LogP contribution is 2.30. The van der Waals surface area contributed by atoms with Crippen LogP contribution in [0.15, 0.2) is 42.0 Å². The molecule has 0 bridgehead atoms. The highest BCUT2D eigenvalue weighted by molar-refractivity contribution is 5.89. The summed E-state index contributed by atoms with van der Waals surface area (Å²) in [6.07, 6.45) is 1.28. The fourth-order valence-corrected chi connectivity index (χ4v) is 4.06. The molecule has 1 aromatic carbocycles. The third kappa shape index (κ3) is 4.69. The molecule has 5 N–H and O–H groups in total. The van der Waals surface area contributed by atoms with Gasteiger partial charge in [0.25, 0.3) is 5.82 Å². The Hall–Kier alpha value is -3.18. The van der Waals surface area contributed by atoms with Gasteiger partial charge < -0.3 is 20.6 Å². The number of nitro groups is 1. The number of benzene rings is 1. The summed E-state index contributed by atoms with van der Waals surface area (Å²) in [5.41, 5.74) is 2.59. The molecule has 0 saturated carbocycles. The summed E-state index contributed by atoms with van der Waals surface area (Å²) in [6.45, 7) is 1.95. The Morgan fingerprint density at radius 1 is 1.20 bits per heavy atom. The molecule has 2 heterocycles. The van der Waals surface area contributed by atoms with E-state index >= 15 is 0 Å². The second-order valence-corrected chi connectivity index (χ2v) is 7.44. The number of hydrogen-bond donors (Lipinski definition) is 5. The van der Waals surface area contributed by atoms with Gasteiger partial charge in [-0.3, -0.25) is 24.9 Å². The first-order chi connectivity index (χ1) is 14.4. The molecule has 0 spiro atoms. The number of rotatable bonds is 6. The normalized spacial score (nSPS) is 24.7. The Morgan fingerprint density at radius 2 is 1.93 bits per heavy atom. The highest BCUT2D eigenvalue weighted by atomic mass is 16.7. The maximum Gasteiger partial charge on any atom is 0.468 e. The number of aliphatic hydroxyl groups is 1. The first-order valence-corrected chi connectivity index (χ1v) is 9.75. The van der Waals surface area contributed by atoms with Gasteiger partial charge in [0.1, 0.15) is 4.92 Å². The zero-order chi connectivity index (χ0) is 21.7. The first kappa shape index (κ1) is 21.5. The van der Waals surface area contributed by atoms with Crippen molar-refractivity contribution in [1.29, 1.82) is 0 Å². The zero-order valence-electron chi connectivity index (χ0n) is 16.3. The minimum Gasteiger partial charge on any atom is -0.453 e. The summed E-state index contributed by atoms with van der Waals surface area (Å²) in [6, 6.07) is 9.95. The van der Waals surface area contributed by atoms with Crippen molar-refractivity contribution in [2.75, 3.05) is 26.2 Å². The molecule has 11 heteroatoms. The first-order valence-electron chi connectivity index (χ1n) is 9.75. The maximum atomic E-state index is 13.2. The van der Waals surface area contributed by atoms with Gasteiger partial charge in [-0.25, -0.2) is 5.48 Å². The van der Waals surface area contributed by atoms with Crippen LogP contribution in [0.1, 0.15) is 24.3 Å². The summed E-state index contributed by atoms with van der Waals surface area (Å²) in [7, 11) is 0. The van der Waals surface area contributed by atoms with Crippen LogP contribution in [0.25, 0.3) is 0 Å². The van der Waals surface area contributed by atoms with Gasteiger partial charge in [0, 0.05) is 25.6 Å². The van der Waals surface area contributed by atoms with Crippen molar-refractivity contribution >= 4 is 11.8 Å². The number of hydrogen-bond acceptors (Lipinski definition) is 8. The molecule has 162 valence electrons. The van der Waals surface area contributed by atoms with Crippen LogP contribution >= 0.6 is 0 Å². The van der Waals surface area contributed by atoms with Crippen molar-refractivity contribution in [3.8, 4) is 0 Å². The van der Waals surface area contributed by atoms with Gasteiger partial charge in [-0.1, -0.05) is 30.3 Å². The van der Waals surface area contributed by atoms with Gasteiger partial charge in [0.15, 0.2) is 0 Å². The average Bonchev–Trinajstić information content (AvgIpc) is 3.27. The molecule has 1 aromatic rings. The second-order valence-electron chi connectivity index (χ2n) is 7.44. The lowest BCUT2D eigenvalue weighted by atomic mass is 9.84. The molecule has 2 amide bonds. The number of piperidine rings is 1. The molecule has 2 fully saturated rings. The number of amides is 2. The van der Waals surface area contributed by atoms with E-state index in [0.717, 1.165) is 6.42 Å². The molecule has 11 nitrogen and oxygen atoms in total. The lowest BCUT2D eigenvalue weighted by molar-refractivity contribution is -0.461. The maximum absolute atomic E-state index is 13.2. The molecule has 0 unspecified atom stereocenters. The van der Waals surface area contributed by atoms with E-state index in [1.165, 1.54) is 11.0 Å². The van der Waals surface area contributed by atoms with E-state index in [1.807, 2.05) is 30.3 Å². The monoisotopic (exact) mass is 419 g/mol. The van der Waals surface area contributed by atoms with Crippen LogP contribution in [0.5, 0.6) is 0 Å². The van der Waals surface area contributed by atoms with Crippen LogP contribution in [0.3, 0.4) is 0 Å². The van der Waals surface area contributed by atoms with E-state index in [2.05, 4.69) is 10.6 Å². The van der Waals surface area contributed by atoms with Crippen molar-refractivity contribution < 1.29 is 24.8 Å². The standard InChI is InChI=1S/C19H25N5O6/c25-17(21-16(22-28)19(27)24(29)30)15-10-20-8-6-14(15)18(26)23-9-7-13(11-23)12-4-2-1-3-5-12/h1-5,13-15,20,22,27-28H,6-11H2,(H,21,25)/b19-16+/t13-,14-,15-/m0/s1. The fourth-order valence-electron chi connectivity index (χ4n) is 4.06. The SMILES string of the molecule is O=C(N/C(NO)=C(\O)[N+](=O)[O-])[C@H]1CNCC[C@@H]1C(=O)N1CC[C@H](c2ccccc2)C1. The highest BCUT2D eigenvalue weighted by Gasteiger charge is 2.40. The van der Waals surface area contributed by atoms with Crippen molar-refractivity contribution in [3.63, 3.8) is 0 Å². The van der Waals surface area contributed by atoms with Crippen molar-refractivity contribution in [3.05, 3.63) is 57.7 Å². The topological polar surface area (TPSA) is 157 Å². The molecule has 0 aliphatic carbocycles. The van der Waals surface area contributed by atoms with E-state index in [0.29, 0.717) is 26.1 Å². The Bertz CT molecular complexity index is 830. The molecule has 30 heavy (non-hydrogen) atoms. The lowest BCUT2D eigenvalue weighted by Crippen LogP contribution is -2.51. The summed E-state index contributed by atoms with van der Waals surface area (Å²) in [5, 5.41) is 34.2. The number of hydroxylamine groups is 1. The largest absolute Gasteiger partial charge is 0.468 e. The number of nitrogens with zero attached hydrogens (tertiary/aromatic N) is 2. The van der Waals surface area contributed by atoms with Crippen LogP contribution in [-0.2, 0) is 9.59 Å². The van der Waals surface area contributed by atoms with Gasteiger partial charge in [0.2, 0.25) is 11.8 Å². The molecular formula is C19H25N5O6. The molecule has 0 radical (unpaired) electrons. The Morgan fingerprint density at radius 3 is 2.60 bits per heavy atom. The quantitative estimate of drug-likeness (QED) is 0.250. The van der Waals surface area contributed by atoms with Crippen molar-refractivity contribution in [2.45, 2.75) is 18.8 Å². The van der Waals surface area contributed by atoms with Crippen LogP contribution in [0.4, 0.5) is 0 Å². The molecule has 2 aliphatic heterocycles. The Kier molecular flexibility index (Phi) is 6.85. The summed E-state index contributed by atoms with van der Waals surface area (Å²) in [4.78, 5) is 37.1. The second kappa shape index (κ2) is 9.55. The number of carbonyl (C=O) groups is 2. The summed E-state index contributed by atoms with van der Waals surface area (Å²) in [5.74, 6) is -4.26. The Labute approximate surface area is 172 Å². The number of aliphatic hydroxyl groups excluding tert-OH is 1. The minimum atomic E-state index is -1.43. The molecule has 3 atom stereocenters. The van der Waals surface area contributed by atoms with Crippen LogP contribution in [0.2, 0.25) is 0 Å². The van der Waals surface area contributed by atoms with Crippen molar-refractivity contribution in [1.82, 2.24) is 21.0 Å². The van der Waals surface area contributed by atoms with Gasteiger partial charge in [0.05, 0.1) is 11.8 Å². The fraction of sp³-hybridized carbons (Fsp3) is 0.474. The summed E-state index contributed by atoms with van der Waals surface area (Å²) < 4.78 is 0. The van der Waals surface area contributed by atoms with E-state index < -0.39 is 34.4 Å². The number of likely N-dealkylation sites (tertiary alicyclic amines) is 1. The molecule has 2 aliphatic rings. The minimum absolute atomic E-state index is 0.129. The predicted molar refractivity (Wildman–Crippen MR) is 105 cm³/mol. The smallest absolute Gasteiger partial charge is 0.453 e. The third-order valence-corrected chi connectivity index (χ3v) is 5.66. The average molecular weight is 419 g/mol. The molecule has 0 aromatic heterocycles. The Balaban J connectivity index is 1.69. The van der Waals surface area contributed by atoms with E-state index in [4.69, 9.17) is 5.21 Å². The molecule has 3 rings (SSSR count). The van der Waals surface area contributed by atoms with Crippen LogP contribution in [0, 0.1) is 22.0 Å². The van der Waals surface area contributed by atoms with Gasteiger partial charge >= 0.3 is 5.88 Å². The number of carbonyl (C=O) groups excluding carboxylic acids is 2. The van der Waals surface area contributed by atoms with Crippen LogP contribution < -0.4 is 16.1 Å².